The fourth-order valence-corrected chi connectivity index (χ4v) is 3.22. The SMILES string of the molecule is CCOC(=O)C(C)n1cnc(NC(=O)C(COCc2ccccc2)NC(=O)C(C)(C)NC(=O)OC(C)(C)C)c1. The van der Waals surface area contributed by atoms with Crippen LogP contribution in [0.1, 0.15) is 60.1 Å². The molecule has 12 nitrogen and oxygen atoms in total. The van der Waals surface area contributed by atoms with E-state index in [0.717, 1.165) is 5.56 Å². The van der Waals surface area contributed by atoms with E-state index >= 15 is 0 Å². The highest BCUT2D eigenvalue weighted by Crippen LogP contribution is 2.14. The van der Waals surface area contributed by atoms with Crippen molar-refractivity contribution in [3.05, 3.63) is 48.4 Å². The number of anilines is 1. The van der Waals surface area contributed by atoms with Gasteiger partial charge in [-0.05, 0) is 54.0 Å². The van der Waals surface area contributed by atoms with Crippen LogP contribution in [0.2, 0.25) is 0 Å². The van der Waals surface area contributed by atoms with Crippen molar-refractivity contribution in [2.45, 2.75) is 78.3 Å². The maximum atomic E-state index is 13.2. The van der Waals surface area contributed by atoms with Crippen LogP contribution in [-0.4, -0.2) is 63.8 Å². The molecular formula is C27H39N5O7. The molecule has 2 atom stereocenters. The molecule has 1 heterocycles. The molecule has 0 aliphatic rings. The standard InChI is InChI=1S/C27H39N5O7/c1-8-38-23(34)18(2)32-14-21(28-17-32)30-22(33)20(16-37-15-19-12-10-9-11-13-19)29-24(35)27(6,7)31-25(36)39-26(3,4)5/h9-14,17-18,20H,8,15-16H2,1-7H3,(H,29,35)(H,30,33)(H,31,36). The van der Waals surface area contributed by atoms with Gasteiger partial charge in [-0.15, -0.1) is 0 Å². The smallest absolute Gasteiger partial charge is 0.408 e. The molecular weight excluding hydrogens is 506 g/mol. The number of imidazole rings is 1. The third kappa shape index (κ3) is 10.4. The predicted molar refractivity (Wildman–Crippen MR) is 144 cm³/mol. The number of amides is 3. The molecule has 1 aromatic carbocycles. The molecule has 0 saturated carbocycles. The number of benzene rings is 1. The molecule has 0 bridgehead atoms. The Morgan fingerprint density at radius 3 is 2.33 bits per heavy atom. The Bertz CT molecular complexity index is 1130. The van der Waals surface area contributed by atoms with Crippen molar-refractivity contribution in [1.29, 1.82) is 0 Å². The highest BCUT2D eigenvalue weighted by atomic mass is 16.6. The van der Waals surface area contributed by atoms with Gasteiger partial charge in [0.25, 0.3) is 5.91 Å². The number of nitrogens with one attached hydrogen (secondary N) is 3. The number of rotatable bonds is 12. The van der Waals surface area contributed by atoms with E-state index in [-0.39, 0.29) is 25.6 Å². The second-order valence-corrected chi connectivity index (χ2v) is 10.4. The lowest BCUT2D eigenvalue weighted by atomic mass is 10.0. The lowest BCUT2D eigenvalue weighted by Crippen LogP contribution is -2.59. The fourth-order valence-electron chi connectivity index (χ4n) is 3.22. The minimum atomic E-state index is -1.41. The summed E-state index contributed by atoms with van der Waals surface area (Å²) in [6.45, 7) is 11.8. The molecule has 2 rings (SSSR count). The van der Waals surface area contributed by atoms with E-state index in [2.05, 4.69) is 20.9 Å². The Labute approximate surface area is 228 Å². The first-order chi connectivity index (χ1) is 18.2. The molecule has 3 amide bonds. The zero-order chi connectivity index (χ0) is 29.2. The van der Waals surface area contributed by atoms with Gasteiger partial charge in [0.05, 0.1) is 26.1 Å². The summed E-state index contributed by atoms with van der Waals surface area (Å²) in [4.78, 5) is 54.7. The molecule has 0 radical (unpaired) electrons. The Morgan fingerprint density at radius 2 is 1.72 bits per heavy atom. The van der Waals surface area contributed by atoms with Crippen LogP contribution in [0.3, 0.4) is 0 Å². The summed E-state index contributed by atoms with van der Waals surface area (Å²) >= 11 is 0. The van der Waals surface area contributed by atoms with Gasteiger partial charge in [-0.2, -0.15) is 0 Å². The first kappa shape index (κ1) is 31.3. The molecule has 2 aromatic rings. The number of aromatic nitrogens is 2. The van der Waals surface area contributed by atoms with Crippen LogP contribution in [0, 0.1) is 0 Å². The van der Waals surface area contributed by atoms with Gasteiger partial charge in [0.1, 0.15) is 23.2 Å². The van der Waals surface area contributed by atoms with Gasteiger partial charge in [-0.1, -0.05) is 30.3 Å². The second-order valence-electron chi connectivity index (χ2n) is 10.4. The zero-order valence-electron chi connectivity index (χ0n) is 23.6. The number of alkyl carbamates (subject to hydrolysis) is 1. The van der Waals surface area contributed by atoms with Crippen LogP contribution < -0.4 is 16.0 Å². The van der Waals surface area contributed by atoms with E-state index < -0.39 is 47.1 Å². The molecule has 12 heteroatoms. The average Bonchev–Trinajstić information content (AvgIpc) is 3.30. The lowest BCUT2D eigenvalue weighted by Gasteiger charge is -2.29. The highest BCUT2D eigenvalue weighted by molar-refractivity contribution is 5.98. The minimum Gasteiger partial charge on any atom is -0.464 e. The van der Waals surface area contributed by atoms with E-state index in [9.17, 15) is 19.2 Å². The van der Waals surface area contributed by atoms with E-state index in [1.165, 1.54) is 30.9 Å². The predicted octanol–water partition coefficient (Wildman–Crippen LogP) is 2.95. The molecule has 39 heavy (non-hydrogen) atoms. The Kier molecular flexibility index (Phi) is 11.0. The number of esters is 1. The van der Waals surface area contributed by atoms with Gasteiger partial charge in [0.2, 0.25) is 5.91 Å². The van der Waals surface area contributed by atoms with Gasteiger partial charge in [-0.25, -0.2) is 14.6 Å². The zero-order valence-corrected chi connectivity index (χ0v) is 23.6. The largest absolute Gasteiger partial charge is 0.464 e. The number of carbonyl (C=O) groups excluding carboxylic acids is 4. The van der Waals surface area contributed by atoms with Crippen molar-refractivity contribution >= 4 is 29.7 Å². The summed E-state index contributed by atoms with van der Waals surface area (Å²) in [5, 5.41) is 7.80. The molecule has 0 aliphatic carbocycles. The van der Waals surface area contributed by atoms with Gasteiger partial charge in [0.15, 0.2) is 5.82 Å². The number of ether oxygens (including phenoxy) is 3. The van der Waals surface area contributed by atoms with Crippen molar-refractivity contribution in [3.8, 4) is 0 Å². The summed E-state index contributed by atoms with van der Waals surface area (Å²) in [6.07, 6.45) is 2.10. The highest BCUT2D eigenvalue weighted by Gasteiger charge is 2.34. The van der Waals surface area contributed by atoms with Gasteiger partial charge in [0, 0.05) is 6.20 Å². The van der Waals surface area contributed by atoms with Crippen molar-refractivity contribution in [2.75, 3.05) is 18.5 Å². The first-order valence-electron chi connectivity index (χ1n) is 12.7. The Morgan fingerprint density at radius 1 is 1.05 bits per heavy atom. The van der Waals surface area contributed by atoms with Crippen LogP contribution in [0.15, 0.2) is 42.9 Å². The van der Waals surface area contributed by atoms with Crippen molar-refractivity contribution in [2.24, 2.45) is 0 Å². The van der Waals surface area contributed by atoms with E-state index in [1.54, 1.807) is 34.6 Å². The normalized spacial score (nSPS) is 13.1. The van der Waals surface area contributed by atoms with Crippen LogP contribution in [0.25, 0.3) is 0 Å². The summed E-state index contributed by atoms with van der Waals surface area (Å²) in [5.41, 5.74) is -1.27. The molecule has 0 aliphatic heterocycles. The average molecular weight is 546 g/mol. The van der Waals surface area contributed by atoms with Crippen molar-refractivity contribution in [1.82, 2.24) is 20.2 Å². The maximum Gasteiger partial charge on any atom is 0.408 e. The van der Waals surface area contributed by atoms with Crippen LogP contribution in [-0.2, 0) is 35.2 Å². The number of hydrogen-bond donors (Lipinski definition) is 3. The third-order valence-electron chi connectivity index (χ3n) is 5.33. The number of hydrogen-bond acceptors (Lipinski definition) is 8. The number of nitrogens with zero attached hydrogens (tertiary/aromatic N) is 2. The quantitative estimate of drug-likeness (QED) is 0.345. The summed E-state index contributed by atoms with van der Waals surface area (Å²) < 4.78 is 17.5. The molecule has 1 aromatic heterocycles. The Balaban J connectivity index is 2.12. The molecule has 2 unspecified atom stereocenters. The lowest BCUT2D eigenvalue weighted by molar-refractivity contribution is -0.146. The summed E-state index contributed by atoms with van der Waals surface area (Å²) in [7, 11) is 0. The second kappa shape index (κ2) is 13.7. The molecule has 0 spiro atoms. The van der Waals surface area contributed by atoms with Crippen LogP contribution >= 0.6 is 0 Å². The molecule has 3 N–H and O–H groups in total. The maximum absolute atomic E-state index is 13.2. The molecule has 0 fully saturated rings. The van der Waals surface area contributed by atoms with Crippen molar-refractivity contribution < 1.29 is 33.4 Å². The summed E-state index contributed by atoms with van der Waals surface area (Å²) in [5.74, 6) is -1.49. The molecule has 214 valence electrons. The minimum absolute atomic E-state index is 0.158. The van der Waals surface area contributed by atoms with Gasteiger partial charge in [-0.3, -0.25) is 9.59 Å². The van der Waals surface area contributed by atoms with Crippen molar-refractivity contribution in [3.63, 3.8) is 0 Å². The topological polar surface area (TPSA) is 150 Å². The fraction of sp³-hybridized carbons (Fsp3) is 0.519. The third-order valence-corrected chi connectivity index (χ3v) is 5.33. The van der Waals surface area contributed by atoms with E-state index in [4.69, 9.17) is 14.2 Å². The number of carbonyl (C=O) groups is 4. The van der Waals surface area contributed by atoms with Gasteiger partial charge >= 0.3 is 12.1 Å². The van der Waals surface area contributed by atoms with E-state index in [1.807, 2.05) is 30.3 Å². The van der Waals surface area contributed by atoms with Crippen LogP contribution in [0.5, 0.6) is 0 Å². The van der Waals surface area contributed by atoms with E-state index in [0.29, 0.717) is 0 Å². The first-order valence-corrected chi connectivity index (χ1v) is 12.7. The van der Waals surface area contributed by atoms with Crippen LogP contribution in [0.4, 0.5) is 10.6 Å². The van der Waals surface area contributed by atoms with Gasteiger partial charge < -0.3 is 34.7 Å². The monoisotopic (exact) mass is 545 g/mol. The summed E-state index contributed by atoms with van der Waals surface area (Å²) in [6, 6.07) is 7.58. The Hall–Kier alpha value is -3.93. The molecule has 0 saturated heterocycles.